The maximum absolute atomic E-state index is 10.7. The lowest BCUT2D eigenvalue weighted by Gasteiger charge is -2.31. The highest BCUT2D eigenvalue weighted by atomic mass is 79.9. The first-order valence-electron chi connectivity index (χ1n) is 6.26. The fraction of sp³-hybridized carbons (Fsp3) is 0.400. The molecule has 0 amide bonds. The molecule has 19 heavy (non-hydrogen) atoms. The van der Waals surface area contributed by atoms with Gasteiger partial charge in [0.2, 0.25) is 0 Å². The molecule has 1 N–H and O–H groups in total. The van der Waals surface area contributed by atoms with E-state index < -0.39 is 5.97 Å². The molecule has 0 aliphatic heterocycles. The number of carboxylic acids is 1. The van der Waals surface area contributed by atoms with Gasteiger partial charge in [0, 0.05) is 29.3 Å². The van der Waals surface area contributed by atoms with Crippen molar-refractivity contribution in [3.63, 3.8) is 0 Å². The van der Waals surface area contributed by atoms with Crippen molar-refractivity contribution >= 4 is 33.7 Å². The van der Waals surface area contributed by atoms with E-state index in [2.05, 4.69) is 41.6 Å². The van der Waals surface area contributed by atoms with Crippen LogP contribution in [0.1, 0.15) is 26.3 Å². The Bertz CT molecular complexity index is 483. The Morgan fingerprint density at radius 1 is 1.37 bits per heavy atom. The van der Waals surface area contributed by atoms with Crippen LogP contribution in [0.15, 0.2) is 28.7 Å². The van der Waals surface area contributed by atoms with Gasteiger partial charge in [0.1, 0.15) is 0 Å². The zero-order valence-electron chi connectivity index (χ0n) is 11.7. The average Bonchev–Trinajstić information content (AvgIpc) is 2.34. The van der Waals surface area contributed by atoms with Gasteiger partial charge in [-0.05, 0) is 42.7 Å². The lowest BCUT2D eigenvalue weighted by Crippen LogP contribution is -2.33. The lowest BCUT2D eigenvalue weighted by atomic mass is 10.0. The summed E-state index contributed by atoms with van der Waals surface area (Å²) >= 11 is 3.42. The summed E-state index contributed by atoms with van der Waals surface area (Å²) in [7, 11) is 2.03. The van der Waals surface area contributed by atoms with Gasteiger partial charge in [-0.1, -0.05) is 29.8 Å². The Morgan fingerprint density at radius 2 is 2.00 bits per heavy atom. The lowest BCUT2D eigenvalue weighted by molar-refractivity contribution is -0.131. The topological polar surface area (TPSA) is 40.5 Å². The van der Waals surface area contributed by atoms with E-state index >= 15 is 0 Å². The molecule has 0 aliphatic rings. The van der Waals surface area contributed by atoms with Crippen LogP contribution in [-0.4, -0.2) is 24.2 Å². The summed E-state index contributed by atoms with van der Waals surface area (Å²) in [6.07, 6.45) is 2.80. The Kier molecular flexibility index (Phi) is 5.60. The molecule has 0 saturated carbocycles. The summed E-state index contributed by atoms with van der Waals surface area (Å²) in [5, 5.41) is 8.76. The molecule has 1 unspecified atom stereocenters. The first-order chi connectivity index (χ1) is 8.82. The number of carbonyl (C=O) groups is 1. The number of nitrogens with zero attached hydrogens (tertiary/aromatic N) is 1. The molecule has 1 aromatic carbocycles. The summed E-state index contributed by atoms with van der Waals surface area (Å²) in [6, 6.07) is 6.28. The average molecular weight is 326 g/mol. The number of halogens is 1. The van der Waals surface area contributed by atoms with Crippen LogP contribution in [0.25, 0.3) is 6.08 Å². The molecule has 1 rings (SSSR count). The smallest absolute Gasteiger partial charge is 0.328 e. The van der Waals surface area contributed by atoms with Crippen molar-refractivity contribution in [3.8, 4) is 0 Å². The molecule has 0 aromatic heterocycles. The van der Waals surface area contributed by atoms with Gasteiger partial charge in [-0.25, -0.2) is 4.79 Å². The monoisotopic (exact) mass is 325 g/mol. The van der Waals surface area contributed by atoms with E-state index in [0.717, 1.165) is 15.7 Å². The molecule has 1 atom stereocenters. The minimum absolute atomic E-state index is 0.373. The summed E-state index contributed by atoms with van der Waals surface area (Å²) in [6.45, 7) is 6.51. The highest BCUT2D eigenvalue weighted by Gasteiger charge is 2.15. The van der Waals surface area contributed by atoms with Crippen LogP contribution >= 0.6 is 15.9 Å². The van der Waals surface area contributed by atoms with Crippen molar-refractivity contribution in [2.24, 2.45) is 5.92 Å². The maximum atomic E-state index is 10.7. The van der Waals surface area contributed by atoms with Crippen molar-refractivity contribution in [2.45, 2.75) is 26.8 Å². The maximum Gasteiger partial charge on any atom is 0.328 e. The van der Waals surface area contributed by atoms with Crippen LogP contribution in [0, 0.1) is 5.92 Å². The van der Waals surface area contributed by atoms with Crippen molar-refractivity contribution in [3.05, 3.63) is 34.3 Å². The fourth-order valence-electron chi connectivity index (χ4n) is 1.81. The number of hydrogen-bond donors (Lipinski definition) is 1. The van der Waals surface area contributed by atoms with Gasteiger partial charge in [-0.15, -0.1) is 0 Å². The Hall–Kier alpha value is -1.29. The highest BCUT2D eigenvalue weighted by molar-refractivity contribution is 9.10. The first-order valence-corrected chi connectivity index (χ1v) is 7.05. The SMILES string of the molecule is CC(C)C(C)N(C)c1ccc(Br)cc1/C=C/C(=O)O. The number of anilines is 1. The van der Waals surface area contributed by atoms with E-state index in [-0.39, 0.29) is 0 Å². The molecule has 104 valence electrons. The molecule has 0 fully saturated rings. The second-order valence-corrected chi connectivity index (χ2v) is 5.89. The van der Waals surface area contributed by atoms with Crippen molar-refractivity contribution in [1.29, 1.82) is 0 Å². The molecular weight excluding hydrogens is 306 g/mol. The first kappa shape index (κ1) is 15.8. The molecule has 0 saturated heterocycles. The van der Waals surface area contributed by atoms with E-state index in [1.807, 2.05) is 25.2 Å². The van der Waals surface area contributed by atoms with Gasteiger partial charge in [0.15, 0.2) is 0 Å². The van der Waals surface area contributed by atoms with Gasteiger partial charge in [0.25, 0.3) is 0 Å². The molecule has 0 bridgehead atoms. The Morgan fingerprint density at radius 3 is 2.53 bits per heavy atom. The second kappa shape index (κ2) is 6.75. The van der Waals surface area contributed by atoms with Gasteiger partial charge < -0.3 is 10.0 Å². The van der Waals surface area contributed by atoms with E-state index in [0.29, 0.717) is 12.0 Å². The molecular formula is C15H20BrNO2. The van der Waals surface area contributed by atoms with Crippen LogP contribution < -0.4 is 4.90 Å². The van der Waals surface area contributed by atoms with Gasteiger partial charge in [-0.2, -0.15) is 0 Å². The summed E-state index contributed by atoms with van der Waals surface area (Å²) in [5.41, 5.74) is 1.92. The van der Waals surface area contributed by atoms with Crippen LogP contribution in [0.4, 0.5) is 5.69 Å². The van der Waals surface area contributed by atoms with E-state index in [1.165, 1.54) is 6.08 Å². The molecule has 0 aliphatic carbocycles. The number of rotatable bonds is 5. The second-order valence-electron chi connectivity index (χ2n) is 4.97. The van der Waals surface area contributed by atoms with E-state index in [1.54, 1.807) is 6.08 Å². The molecule has 0 heterocycles. The minimum Gasteiger partial charge on any atom is -0.478 e. The van der Waals surface area contributed by atoms with Gasteiger partial charge >= 0.3 is 5.97 Å². The molecule has 4 heteroatoms. The Balaban J connectivity index is 3.16. The van der Waals surface area contributed by atoms with E-state index in [4.69, 9.17) is 5.11 Å². The number of aliphatic carboxylic acids is 1. The van der Waals surface area contributed by atoms with Crippen LogP contribution in [0.5, 0.6) is 0 Å². The fourth-order valence-corrected chi connectivity index (χ4v) is 2.19. The third-order valence-corrected chi connectivity index (χ3v) is 3.84. The predicted octanol–water partition coefficient (Wildman–Crippen LogP) is 4.03. The minimum atomic E-state index is -0.939. The zero-order valence-corrected chi connectivity index (χ0v) is 13.3. The number of carboxylic acid groups (broad SMARTS) is 1. The summed E-state index contributed by atoms with van der Waals surface area (Å²) < 4.78 is 0.937. The van der Waals surface area contributed by atoms with Crippen molar-refractivity contribution in [2.75, 3.05) is 11.9 Å². The number of benzene rings is 1. The Labute approximate surface area is 123 Å². The van der Waals surface area contributed by atoms with Crippen LogP contribution in [-0.2, 0) is 4.79 Å². The summed E-state index contributed by atoms with van der Waals surface area (Å²) in [5.74, 6) is -0.421. The highest BCUT2D eigenvalue weighted by Crippen LogP contribution is 2.27. The quantitative estimate of drug-likeness (QED) is 0.831. The predicted molar refractivity (Wildman–Crippen MR) is 83.5 cm³/mol. The van der Waals surface area contributed by atoms with E-state index in [9.17, 15) is 4.79 Å². The van der Waals surface area contributed by atoms with Gasteiger partial charge in [0.05, 0.1) is 0 Å². The summed E-state index contributed by atoms with van der Waals surface area (Å²) in [4.78, 5) is 12.8. The molecule has 1 aromatic rings. The third-order valence-electron chi connectivity index (χ3n) is 3.35. The largest absolute Gasteiger partial charge is 0.478 e. The van der Waals surface area contributed by atoms with Crippen LogP contribution in [0.2, 0.25) is 0 Å². The number of hydrogen-bond acceptors (Lipinski definition) is 2. The molecule has 3 nitrogen and oxygen atoms in total. The zero-order chi connectivity index (χ0) is 14.6. The molecule has 0 radical (unpaired) electrons. The molecule has 0 spiro atoms. The van der Waals surface area contributed by atoms with Crippen molar-refractivity contribution in [1.82, 2.24) is 0 Å². The van der Waals surface area contributed by atoms with Crippen LogP contribution in [0.3, 0.4) is 0 Å². The van der Waals surface area contributed by atoms with Gasteiger partial charge in [-0.3, -0.25) is 0 Å². The van der Waals surface area contributed by atoms with Crippen molar-refractivity contribution < 1.29 is 9.90 Å². The standard InChI is InChI=1S/C15H20BrNO2/c1-10(2)11(3)17(4)14-7-6-13(16)9-12(14)5-8-15(18)19/h5-11H,1-4H3,(H,18,19)/b8-5+. The normalized spacial score (nSPS) is 12.9. The third kappa shape index (κ3) is 4.39.